The summed E-state index contributed by atoms with van der Waals surface area (Å²) in [6.07, 6.45) is 6.66. The fourth-order valence-electron chi connectivity index (χ4n) is 2.57. The third-order valence-electron chi connectivity index (χ3n) is 3.70. The van der Waals surface area contributed by atoms with E-state index in [9.17, 15) is 8.78 Å². The monoisotopic (exact) mass is 363 g/mol. The fraction of sp³-hybridized carbons (Fsp3) is 0.600. The van der Waals surface area contributed by atoms with E-state index < -0.39 is 11.6 Å². The van der Waals surface area contributed by atoms with Gasteiger partial charge < -0.3 is 5.73 Å². The standard InChI is InChI=1S/C15H20BrF2NS/c16-13-6-7-14(17)12(15(13)18)8-10(19)9-20-11-4-2-1-3-5-11/h6-7,10-11H,1-5,8-9,19H2. The number of hydrogen-bond donors (Lipinski definition) is 1. The van der Waals surface area contributed by atoms with Gasteiger partial charge in [0.15, 0.2) is 0 Å². The topological polar surface area (TPSA) is 26.0 Å². The first kappa shape index (κ1) is 16.2. The van der Waals surface area contributed by atoms with E-state index in [1.54, 1.807) is 0 Å². The van der Waals surface area contributed by atoms with Gasteiger partial charge >= 0.3 is 0 Å². The lowest BCUT2D eigenvalue weighted by atomic mass is 10.0. The summed E-state index contributed by atoms with van der Waals surface area (Å²) >= 11 is 4.94. The maximum Gasteiger partial charge on any atom is 0.143 e. The minimum atomic E-state index is -0.525. The zero-order valence-electron chi connectivity index (χ0n) is 11.4. The molecule has 0 saturated heterocycles. The molecule has 1 saturated carbocycles. The average Bonchev–Trinajstić information content (AvgIpc) is 2.46. The number of nitrogens with two attached hydrogens (primary N) is 1. The molecule has 1 aromatic rings. The molecule has 0 spiro atoms. The van der Waals surface area contributed by atoms with E-state index in [1.165, 1.54) is 44.2 Å². The van der Waals surface area contributed by atoms with Crippen LogP contribution in [0.3, 0.4) is 0 Å². The van der Waals surface area contributed by atoms with Crippen LogP contribution < -0.4 is 5.73 Å². The van der Waals surface area contributed by atoms with Gasteiger partial charge in [0.1, 0.15) is 11.6 Å². The van der Waals surface area contributed by atoms with Gasteiger partial charge in [-0.2, -0.15) is 11.8 Å². The van der Waals surface area contributed by atoms with Crippen molar-refractivity contribution in [1.82, 2.24) is 0 Å². The molecule has 0 aliphatic heterocycles. The Morgan fingerprint density at radius 2 is 1.95 bits per heavy atom. The largest absolute Gasteiger partial charge is 0.327 e. The van der Waals surface area contributed by atoms with Crippen molar-refractivity contribution in [2.24, 2.45) is 5.73 Å². The van der Waals surface area contributed by atoms with Gasteiger partial charge in [0.25, 0.3) is 0 Å². The second-order valence-electron chi connectivity index (χ2n) is 5.38. The molecule has 0 aromatic heterocycles. The SMILES string of the molecule is NC(CSC1CCCCC1)Cc1c(F)ccc(Br)c1F. The molecule has 0 bridgehead atoms. The summed E-state index contributed by atoms with van der Waals surface area (Å²) in [4.78, 5) is 0. The molecule has 2 rings (SSSR count). The van der Waals surface area contributed by atoms with E-state index in [2.05, 4.69) is 15.9 Å². The summed E-state index contributed by atoms with van der Waals surface area (Å²) in [7, 11) is 0. The Labute approximate surface area is 131 Å². The molecule has 5 heteroatoms. The average molecular weight is 364 g/mol. The van der Waals surface area contributed by atoms with E-state index in [4.69, 9.17) is 5.73 Å². The molecule has 1 atom stereocenters. The van der Waals surface area contributed by atoms with Crippen molar-refractivity contribution in [1.29, 1.82) is 0 Å². The Balaban J connectivity index is 1.88. The van der Waals surface area contributed by atoms with Crippen LogP contribution in [0.25, 0.3) is 0 Å². The zero-order valence-corrected chi connectivity index (χ0v) is 13.8. The first-order chi connectivity index (χ1) is 9.58. The molecule has 112 valence electrons. The third kappa shape index (κ3) is 4.43. The van der Waals surface area contributed by atoms with E-state index in [0.717, 1.165) is 5.75 Å². The van der Waals surface area contributed by atoms with Crippen molar-refractivity contribution < 1.29 is 8.78 Å². The summed E-state index contributed by atoms with van der Waals surface area (Å²) in [6, 6.07) is 2.46. The minimum absolute atomic E-state index is 0.0936. The number of rotatable bonds is 5. The highest BCUT2D eigenvalue weighted by atomic mass is 79.9. The molecule has 1 unspecified atom stereocenters. The minimum Gasteiger partial charge on any atom is -0.327 e. The van der Waals surface area contributed by atoms with Crippen molar-refractivity contribution in [3.8, 4) is 0 Å². The number of halogens is 3. The smallest absolute Gasteiger partial charge is 0.143 e. The molecular weight excluding hydrogens is 344 g/mol. The van der Waals surface area contributed by atoms with Crippen LogP contribution in [0.1, 0.15) is 37.7 Å². The quantitative estimate of drug-likeness (QED) is 0.769. The highest BCUT2D eigenvalue weighted by Gasteiger charge is 2.18. The second-order valence-corrected chi connectivity index (χ2v) is 7.57. The molecule has 2 N–H and O–H groups in total. The third-order valence-corrected chi connectivity index (χ3v) is 5.88. The molecule has 1 fully saturated rings. The lowest BCUT2D eigenvalue weighted by Gasteiger charge is -2.22. The number of benzene rings is 1. The molecule has 1 aliphatic rings. The van der Waals surface area contributed by atoms with Crippen molar-refractivity contribution in [3.05, 3.63) is 33.8 Å². The highest BCUT2D eigenvalue weighted by Crippen LogP contribution is 2.29. The molecule has 20 heavy (non-hydrogen) atoms. The van der Waals surface area contributed by atoms with Crippen LogP contribution in [0.5, 0.6) is 0 Å². The van der Waals surface area contributed by atoms with E-state index in [0.29, 0.717) is 9.72 Å². The summed E-state index contributed by atoms with van der Waals surface area (Å²) in [5, 5.41) is 0.673. The van der Waals surface area contributed by atoms with Crippen LogP contribution in [0.4, 0.5) is 8.78 Å². The van der Waals surface area contributed by atoms with E-state index in [-0.39, 0.29) is 18.0 Å². The normalized spacial score (nSPS) is 18.2. The van der Waals surface area contributed by atoms with Crippen LogP contribution in [0.15, 0.2) is 16.6 Å². The molecule has 1 nitrogen and oxygen atoms in total. The van der Waals surface area contributed by atoms with E-state index in [1.807, 2.05) is 11.8 Å². The number of thioether (sulfide) groups is 1. The Kier molecular flexibility index (Phi) is 6.30. The molecule has 1 aliphatic carbocycles. The summed E-state index contributed by atoms with van der Waals surface area (Å²) < 4.78 is 27.8. The Hall–Kier alpha value is -0.130. The van der Waals surface area contributed by atoms with Gasteiger partial charge in [0.05, 0.1) is 4.47 Å². The molecule has 0 radical (unpaired) electrons. The molecule has 0 heterocycles. The van der Waals surface area contributed by atoms with Crippen LogP contribution in [-0.4, -0.2) is 17.0 Å². The predicted molar refractivity (Wildman–Crippen MR) is 85.1 cm³/mol. The predicted octanol–water partition coefficient (Wildman–Crippen LogP) is 4.66. The first-order valence-electron chi connectivity index (χ1n) is 7.07. The molecule has 0 amide bonds. The van der Waals surface area contributed by atoms with Gasteiger partial charge in [-0.05, 0) is 47.3 Å². The fourth-order valence-corrected chi connectivity index (χ4v) is 4.24. The van der Waals surface area contributed by atoms with Gasteiger partial charge in [-0.3, -0.25) is 0 Å². The van der Waals surface area contributed by atoms with Gasteiger partial charge in [0.2, 0.25) is 0 Å². The van der Waals surface area contributed by atoms with Crippen molar-refractivity contribution in [2.75, 3.05) is 5.75 Å². The summed E-state index contributed by atoms with van der Waals surface area (Å²) in [5.74, 6) is -0.275. The molecule has 1 aromatic carbocycles. The summed E-state index contributed by atoms with van der Waals surface area (Å²) in [5.41, 5.74) is 6.13. The Bertz CT molecular complexity index is 450. The van der Waals surface area contributed by atoms with Crippen LogP contribution in [0.2, 0.25) is 0 Å². The maximum atomic E-state index is 13.9. The van der Waals surface area contributed by atoms with Crippen molar-refractivity contribution in [3.63, 3.8) is 0 Å². The van der Waals surface area contributed by atoms with Gasteiger partial charge in [-0.15, -0.1) is 0 Å². The van der Waals surface area contributed by atoms with Gasteiger partial charge in [-0.1, -0.05) is 19.3 Å². The van der Waals surface area contributed by atoms with Crippen molar-refractivity contribution in [2.45, 2.75) is 49.8 Å². The second kappa shape index (κ2) is 7.76. The van der Waals surface area contributed by atoms with Crippen LogP contribution in [-0.2, 0) is 6.42 Å². The van der Waals surface area contributed by atoms with Crippen molar-refractivity contribution >= 4 is 27.7 Å². The molecular formula is C15H20BrF2NS. The number of hydrogen-bond acceptors (Lipinski definition) is 2. The Morgan fingerprint density at radius 1 is 1.25 bits per heavy atom. The lowest BCUT2D eigenvalue weighted by Crippen LogP contribution is -2.28. The zero-order chi connectivity index (χ0) is 14.5. The van der Waals surface area contributed by atoms with E-state index >= 15 is 0 Å². The van der Waals surface area contributed by atoms with Gasteiger partial charge in [0, 0.05) is 22.6 Å². The lowest BCUT2D eigenvalue weighted by molar-refractivity contribution is 0.514. The van der Waals surface area contributed by atoms with Crippen LogP contribution >= 0.6 is 27.7 Å². The maximum absolute atomic E-state index is 13.9. The highest BCUT2D eigenvalue weighted by molar-refractivity contribution is 9.10. The van der Waals surface area contributed by atoms with Crippen LogP contribution in [0, 0.1) is 11.6 Å². The Morgan fingerprint density at radius 3 is 2.65 bits per heavy atom. The first-order valence-corrected chi connectivity index (χ1v) is 8.91. The summed E-state index contributed by atoms with van der Waals surface area (Å²) in [6.45, 7) is 0. The van der Waals surface area contributed by atoms with Gasteiger partial charge in [-0.25, -0.2) is 8.78 Å².